The molecule has 10 heteroatoms. The standard InChI is InChI=1S/C33H38ClNO8/c1-6-13-42-31-21(10-8-12-35(37)33(36)22-9-7-11-26(34)15-22)14-23(16-28(31)38-2)25-19-27(43-20-25)24-17-29(39-3)32(41-5)30(18-24)40-4/h7-9,11-12,14-18,25,27,37H,6,10,13,19-20H2,1-5H3. The van der Waals surface area contributed by atoms with Gasteiger partial charge in [0.2, 0.25) is 5.75 Å². The number of rotatable bonds is 13. The lowest BCUT2D eigenvalue weighted by Gasteiger charge is -2.19. The van der Waals surface area contributed by atoms with Gasteiger partial charge in [-0.1, -0.05) is 36.7 Å². The van der Waals surface area contributed by atoms with Gasteiger partial charge in [0, 0.05) is 28.3 Å². The first-order valence-corrected chi connectivity index (χ1v) is 14.4. The molecule has 43 heavy (non-hydrogen) atoms. The summed E-state index contributed by atoms with van der Waals surface area (Å²) in [7, 11) is 6.37. The van der Waals surface area contributed by atoms with Gasteiger partial charge >= 0.3 is 0 Å². The van der Waals surface area contributed by atoms with Gasteiger partial charge in [0.05, 0.1) is 47.8 Å². The van der Waals surface area contributed by atoms with E-state index < -0.39 is 5.91 Å². The van der Waals surface area contributed by atoms with E-state index in [0.717, 1.165) is 29.5 Å². The molecule has 0 aliphatic carbocycles. The largest absolute Gasteiger partial charge is 0.493 e. The second-order valence-electron chi connectivity index (χ2n) is 10.0. The number of ether oxygens (including phenoxy) is 6. The molecule has 230 valence electrons. The molecule has 3 aromatic carbocycles. The zero-order valence-corrected chi connectivity index (χ0v) is 25.8. The number of benzene rings is 3. The molecule has 0 spiro atoms. The normalized spacial score (nSPS) is 16.3. The van der Waals surface area contributed by atoms with Gasteiger partial charge < -0.3 is 28.4 Å². The first kappa shape index (κ1) is 32.0. The molecule has 1 aliphatic heterocycles. The molecule has 3 aromatic rings. The second-order valence-corrected chi connectivity index (χ2v) is 10.5. The van der Waals surface area contributed by atoms with E-state index in [1.807, 2.05) is 25.1 Å². The Hall–Kier alpha value is -3.92. The highest BCUT2D eigenvalue weighted by Gasteiger charge is 2.31. The predicted octanol–water partition coefficient (Wildman–Crippen LogP) is 7.00. The molecule has 1 aliphatic rings. The first-order chi connectivity index (χ1) is 20.8. The van der Waals surface area contributed by atoms with Crippen LogP contribution in [0.5, 0.6) is 28.7 Å². The average Bonchev–Trinajstić information content (AvgIpc) is 3.53. The molecule has 1 saturated heterocycles. The number of amides is 1. The van der Waals surface area contributed by atoms with Crippen LogP contribution in [0.25, 0.3) is 0 Å². The van der Waals surface area contributed by atoms with Crippen LogP contribution in [0.2, 0.25) is 5.02 Å². The molecule has 2 atom stereocenters. The average molecular weight is 612 g/mol. The predicted molar refractivity (Wildman–Crippen MR) is 163 cm³/mol. The van der Waals surface area contributed by atoms with Crippen LogP contribution < -0.4 is 23.7 Å². The topological polar surface area (TPSA) is 95.9 Å². The minimum atomic E-state index is -0.589. The van der Waals surface area contributed by atoms with Crippen molar-refractivity contribution < 1.29 is 38.4 Å². The van der Waals surface area contributed by atoms with E-state index >= 15 is 0 Å². The van der Waals surface area contributed by atoms with Crippen molar-refractivity contribution in [2.45, 2.75) is 38.2 Å². The fraction of sp³-hybridized carbons (Fsp3) is 0.364. The van der Waals surface area contributed by atoms with Crippen molar-refractivity contribution in [1.29, 1.82) is 0 Å². The summed E-state index contributed by atoms with van der Waals surface area (Å²) >= 11 is 6.00. The monoisotopic (exact) mass is 611 g/mol. The van der Waals surface area contributed by atoms with Crippen molar-refractivity contribution in [2.75, 3.05) is 41.7 Å². The number of halogens is 1. The van der Waals surface area contributed by atoms with E-state index in [-0.39, 0.29) is 17.6 Å². The van der Waals surface area contributed by atoms with Crippen molar-refractivity contribution in [3.63, 3.8) is 0 Å². The zero-order chi connectivity index (χ0) is 30.9. The second kappa shape index (κ2) is 15.0. The summed E-state index contributed by atoms with van der Waals surface area (Å²) in [5, 5.41) is 11.3. The quantitative estimate of drug-likeness (QED) is 0.163. The molecular formula is C33H38ClNO8. The van der Waals surface area contributed by atoms with Crippen LogP contribution in [-0.4, -0.2) is 57.8 Å². The molecule has 0 saturated carbocycles. The minimum absolute atomic E-state index is 0.0830. The fourth-order valence-corrected chi connectivity index (χ4v) is 5.26. The van der Waals surface area contributed by atoms with Gasteiger partial charge in [0.1, 0.15) is 0 Å². The zero-order valence-electron chi connectivity index (χ0n) is 25.1. The van der Waals surface area contributed by atoms with Gasteiger partial charge in [-0.2, -0.15) is 5.06 Å². The molecule has 4 rings (SSSR count). The molecule has 0 aromatic heterocycles. The lowest BCUT2D eigenvalue weighted by atomic mass is 9.91. The summed E-state index contributed by atoms with van der Waals surface area (Å²) in [6.07, 6.45) is 4.78. The van der Waals surface area contributed by atoms with E-state index in [2.05, 4.69) is 6.07 Å². The summed E-state index contributed by atoms with van der Waals surface area (Å²) in [6.45, 7) is 3.06. The molecule has 1 N–H and O–H groups in total. The van der Waals surface area contributed by atoms with Gasteiger partial charge in [-0.3, -0.25) is 10.0 Å². The Morgan fingerprint density at radius 2 is 1.65 bits per heavy atom. The molecule has 1 amide bonds. The van der Waals surface area contributed by atoms with E-state index in [4.69, 9.17) is 40.0 Å². The van der Waals surface area contributed by atoms with E-state index in [0.29, 0.717) is 58.5 Å². The number of carbonyl (C=O) groups is 1. The van der Waals surface area contributed by atoms with Gasteiger partial charge in [-0.05, 0) is 66.8 Å². The van der Waals surface area contributed by atoms with Crippen molar-refractivity contribution >= 4 is 17.5 Å². The highest BCUT2D eigenvalue weighted by atomic mass is 35.5. The van der Waals surface area contributed by atoms with E-state index in [1.54, 1.807) is 52.7 Å². The molecular weight excluding hydrogens is 574 g/mol. The Morgan fingerprint density at radius 3 is 2.28 bits per heavy atom. The number of hydroxylamine groups is 2. The number of hydrogen-bond donors (Lipinski definition) is 1. The maximum Gasteiger partial charge on any atom is 0.281 e. The SMILES string of the molecule is CCCOc1c(CC=CN(O)C(=O)c2cccc(Cl)c2)cc(C2COC(c3cc(OC)c(OC)c(OC)c3)C2)cc1OC. The lowest BCUT2D eigenvalue weighted by Crippen LogP contribution is -2.21. The summed E-state index contributed by atoms with van der Waals surface area (Å²) < 4.78 is 34.6. The Kier molecular flexibility index (Phi) is 11.2. The Morgan fingerprint density at radius 1 is 0.977 bits per heavy atom. The van der Waals surface area contributed by atoms with Gasteiger partial charge in [-0.25, -0.2) is 0 Å². The number of hydrogen-bond acceptors (Lipinski definition) is 8. The van der Waals surface area contributed by atoms with Crippen LogP contribution in [-0.2, 0) is 11.2 Å². The number of methoxy groups -OCH3 is 4. The van der Waals surface area contributed by atoms with Crippen molar-refractivity contribution in [3.8, 4) is 28.7 Å². The van der Waals surface area contributed by atoms with Crippen molar-refractivity contribution in [1.82, 2.24) is 5.06 Å². The van der Waals surface area contributed by atoms with Crippen LogP contribution >= 0.6 is 11.6 Å². The van der Waals surface area contributed by atoms with Crippen LogP contribution in [0.1, 0.15) is 58.8 Å². The summed E-state index contributed by atoms with van der Waals surface area (Å²) in [6, 6.07) is 14.3. The van der Waals surface area contributed by atoms with Crippen molar-refractivity contribution in [3.05, 3.63) is 88.1 Å². The molecule has 9 nitrogen and oxygen atoms in total. The molecule has 0 bridgehead atoms. The Labute approximate surface area is 257 Å². The number of allylic oxidation sites excluding steroid dienone is 1. The molecule has 1 heterocycles. The Bertz CT molecular complexity index is 1420. The molecule has 2 unspecified atom stereocenters. The smallest absolute Gasteiger partial charge is 0.281 e. The third kappa shape index (κ3) is 7.54. The van der Waals surface area contributed by atoms with Crippen LogP contribution in [0.4, 0.5) is 0 Å². The van der Waals surface area contributed by atoms with Gasteiger partial charge in [0.15, 0.2) is 23.0 Å². The maximum atomic E-state index is 12.6. The van der Waals surface area contributed by atoms with E-state index in [9.17, 15) is 10.0 Å². The highest BCUT2D eigenvalue weighted by molar-refractivity contribution is 6.30. The third-order valence-corrected chi connectivity index (χ3v) is 7.45. The highest BCUT2D eigenvalue weighted by Crippen LogP contribution is 2.46. The van der Waals surface area contributed by atoms with E-state index in [1.165, 1.54) is 12.3 Å². The Balaban J connectivity index is 1.57. The van der Waals surface area contributed by atoms with Crippen LogP contribution in [0.3, 0.4) is 0 Å². The van der Waals surface area contributed by atoms with Crippen molar-refractivity contribution in [2.24, 2.45) is 0 Å². The van der Waals surface area contributed by atoms with Crippen LogP contribution in [0, 0.1) is 0 Å². The maximum absolute atomic E-state index is 12.6. The summed E-state index contributed by atoms with van der Waals surface area (Å²) in [5.41, 5.74) is 3.11. The first-order valence-electron chi connectivity index (χ1n) is 14.0. The summed E-state index contributed by atoms with van der Waals surface area (Å²) in [4.78, 5) is 12.6. The fourth-order valence-electron chi connectivity index (χ4n) is 5.07. The number of nitrogens with zero attached hydrogens (tertiary/aromatic N) is 1. The van der Waals surface area contributed by atoms with Crippen LogP contribution in [0.15, 0.2) is 60.8 Å². The minimum Gasteiger partial charge on any atom is -0.493 e. The van der Waals surface area contributed by atoms with Gasteiger partial charge in [0.25, 0.3) is 5.91 Å². The van der Waals surface area contributed by atoms with Gasteiger partial charge in [-0.15, -0.1) is 0 Å². The summed E-state index contributed by atoms with van der Waals surface area (Å²) in [5.74, 6) is 2.41. The molecule has 0 radical (unpaired) electrons. The number of carbonyl (C=O) groups excluding carboxylic acids is 1. The third-order valence-electron chi connectivity index (χ3n) is 7.22. The lowest BCUT2D eigenvalue weighted by molar-refractivity contribution is -0.0204. The molecule has 1 fully saturated rings.